The summed E-state index contributed by atoms with van der Waals surface area (Å²) < 4.78 is 20.7. The minimum absolute atomic E-state index is 0.0984. The van der Waals surface area contributed by atoms with E-state index >= 15 is 0 Å². The van der Waals surface area contributed by atoms with Gasteiger partial charge in [0.25, 0.3) is 5.91 Å². The van der Waals surface area contributed by atoms with E-state index in [1.807, 2.05) is 0 Å². The molecule has 1 aliphatic rings. The largest absolute Gasteiger partial charge is 0.457 e. The molecule has 7 heteroatoms. The van der Waals surface area contributed by atoms with E-state index in [2.05, 4.69) is 14.8 Å². The highest BCUT2D eigenvalue weighted by atomic mass is 19.1. The minimum Gasteiger partial charge on any atom is -0.457 e. The molecule has 0 N–H and O–H groups in total. The maximum Gasteiger partial charge on any atom is 0.254 e. The van der Waals surface area contributed by atoms with Crippen molar-refractivity contribution >= 4 is 5.91 Å². The van der Waals surface area contributed by atoms with Crippen molar-refractivity contribution in [3.05, 3.63) is 71.6 Å². The molecule has 4 rings (SSSR count). The number of amides is 1. The summed E-state index contributed by atoms with van der Waals surface area (Å²) in [4.78, 5) is 14.3. The molecule has 3 aromatic rings. The smallest absolute Gasteiger partial charge is 0.254 e. The molecule has 0 saturated heterocycles. The number of ether oxygens (including phenoxy) is 1. The molecule has 1 aromatic heterocycles. The van der Waals surface area contributed by atoms with Gasteiger partial charge in [-0.3, -0.25) is 4.79 Å². The van der Waals surface area contributed by atoms with Gasteiger partial charge in [-0.1, -0.05) is 0 Å². The Bertz CT molecular complexity index is 951. The van der Waals surface area contributed by atoms with Crippen molar-refractivity contribution in [1.29, 1.82) is 0 Å². The first-order chi connectivity index (χ1) is 13.1. The Morgan fingerprint density at radius 3 is 2.48 bits per heavy atom. The van der Waals surface area contributed by atoms with E-state index in [4.69, 9.17) is 4.74 Å². The summed E-state index contributed by atoms with van der Waals surface area (Å²) >= 11 is 0. The molecule has 6 nitrogen and oxygen atoms in total. The molecule has 0 saturated carbocycles. The first-order valence-electron chi connectivity index (χ1n) is 8.80. The molecule has 0 atom stereocenters. The highest BCUT2D eigenvalue weighted by Gasteiger charge is 2.20. The van der Waals surface area contributed by atoms with Crippen LogP contribution in [0.1, 0.15) is 28.4 Å². The Balaban J connectivity index is 1.41. The van der Waals surface area contributed by atoms with Gasteiger partial charge in [-0.15, -0.1) is 10.2 Å². The third-order valence-electron chi connectivity index (χ3n) is 4.56. The van der Waals surface area contributed by atoms with Gasteiger partial charge in [0.15, 0.2) is 5.82 Å². The first-order valence-corrected chi connectivity index (χ1v) is 8.80. The van der Waals surface area contributed by atoms with Crippen molar-refractivity contribution in [3.63, 3.8) is 0 Å². The molecule has 0 radical (unpaired) electrons. The number of rotatable bonds is 5. The predicted octanol–water partition coefficient (Wildman–Crippen LogP) is 3.43. The van der Waals surface area contributed by atoms with Gasteiger partial charge in [0.05, 0.1) is 6.54 Å². The summed E-state index contributed by atoms with van der Waals surface area (Å²) in [6.07, 6.45) is 2.02. The summed E-state index contributed by atoms with van der Waals surface area (Å²) in [5, 5.41) is 8.37. The molecule has 0 spiro atoms. The Labute approximate surface area is 156 Å². The monoisotopic (exact) mass is 366 g/mol. The zero-order valence-electron chi connectivity index (χ0n) is 14.9. The van der Waals surface area contributed by atoms with Gasteiger partial charge >= 0.3 is 0 Å². The lowest BCUT2D eigenvalue weighted by molar-refractivity contribution is 0.0780. The van der Waals surface area contributed by atoms with Crippen LogP contribution in [0.3, 0.4) is 0 Å². The molecule has 2 aromatic carbocycles. The van der Waals surface area contributed by atoms with Gasteiger partial charge in [0.1, 0.15) is 23.1 Å². The molecule has 1 amide bonds. The van der Waals surface area contributed by atoms with Crippen molar-refractivity contribution in [1.82, 2.24) is 19.7 Å². The van der Waals surface area contributed by atoms with E-state index in [1.165, 1.54) is 12.1 Å². The van der Waals surface area contributed by atoms with Gasteiger partial charge < -0.3 is 14.2 Å². The van der Waals surface area contributed by atoms with E-state index in [9.17, 15) is 9.18 Å². The number of nitrogens with zero attached hydrogens (tertiary/aromatic N) is 4. The van der Waals surface area contributed by atoms with Crippen LogP contribution in [0.15, 0.2) is 48.5 Å². The van der Waals surface area contributed by atoms with Crippen LogP contribution >= 0.6 is 0 Å². The predicted molar refractivity (Wildman–Crippen MR) is 97.1 cm³/mol. The fourth-order valence-electron chi connectivity index (χ4n) is 3.14. The van der Waals surface area contributed by atoms with Gasteiger partial charge in [-0.2, -0.15) is 0 Å². The minimum atomic E-state index is -0.315. The van der Waals surface area contributed by atoms with Crippen LogP contribution in [0.5, 0.6) is 11.5 Å². The molecule has 2 heterocycles. The van der Waals surface area contributed by atoms with E-state index in [-0.39, 0.29) is 11.7 Å². The number of aromatic nitrogens is 3. The zero-order valence-corrected chi connectivity index (χ0v) is 14.9. The van der Waals surface area contributed by atoms with Crippen molar-refractivity contribution in [3.8, 4) is 11.5 Å². The summed E-state index contributed by atoms with van der Waals surface area (Å²) in [6.45, 7) is 1.33. The highest BCUT2D eigenvalue weighted by molar-refractivity contribution is 5.94. The molecule has 0 aliphatic carbocycles. The molecular weight excluding hydrogens is 347 g/mol. The lowest BCUT2D eigenvalue weighted by Gasteiger charge is -2.17. The molecule has 138 valence electrons. The van der Waals surface area contributed by atoms with Crippen LogP contribution in [0.2, 0.25) is 0 Å². The van der Waals surface area contributed by atoms with Crippen molar-refractivity contribution in [2.24, 2.45) is 0 Å². The Morgan fingerprint density at radius 1 is 1.11 bits per heavy atom. The quantitative estimate of drug-likeness (QED) is 0.694. The first kappa shape index (κ1) is 17.2. The Morgan fingerprint density at radius 2 is 1.78 bits per heavy atom. The van der Waals surface area contributed by atoms with Crippen LogP contribution < -0.4 is 4.74 Å². The average molecular weight is 366 g/mol. The van der Waals surface area contributed by atoms with E-state index in [0.717, 1.165) is 31.0 Å². The van der Waals surface area contributed by atoms with Gasteiger partial charge in [-0.25, -0.2) is 4.39 Å². The lowest BCUT2D eigenvalue weighted by Crippen LogP contribution is -2.27. The number of fused-ring (bicyclic) bond motifs is 1. The number of hydrogen-bond donors (Lipinski definition) is 0. The Hall–Kier alpha value is -3.22. The zero-order chi connectivity index (χ0) is 18.8. The summed E-state index contributed by atoms with van der Waals surface area (Å²) in [6, 6.07) is 12.7. The third kappa shape index (κ3) is 3.67. The fourth-order valence-corrected chi connectivity index (χ4v) is 3.14. The summed E-state index contributed by atoms with van der Waals surface area (Å²) in [5.41, 5.74) is 0.560. The van der Waals surface area contributed by atoms with E-state index in [1.54, 1.807) is 48.3 Å². The second-order valence-corrected chi connectivity index (χ2v) is 6.53. The molecule has 1 aliphatic heterocycles. The second-order valence-electron chi connectivity index (χ2n) is 6.53. The molecule has 0 unspecified atom stereocenters. The van der Waals surface area contributed by atoms with Crippen molar-refractivity contribution < 1.29 is 13.9 Å². The average Bonchev–Trinajstić information content (AvgIpc) is 3.29. The van der Waals surface area contributed by atoms with Crippen LogP contribution in [0.4, 0.5) is 4.39 Å². The van der Waals surface area contributed by atoms with E-state index < -0.39 is 0 Å². The van der Waals surface area contributed by atoms with Crippen molar-refractivity contribution in [2.45, 2.75) is 25.9 Å². The topological polar surface area (TPSA) is 60.2 Å². The second kappa shape index (κ2) is 7.19. The van der Waals surface area contributed by atoms with Gasteiger partial charge in [0.2, 0.25) is 0 Å². The number of hydrogen-bond acceptors (Lipinski definition) is 4. The number of halogens is 1. The standard InChI is InChI=1S/C20H19FN4O2/c1-24(13-19-23-22-18-3-2-12-25(18)19)20(26)14-4-8-16(9-5-14)27-17-10-6-15(21)7-11-17/h4-11H,2-3,12-13H2,1H3. The Kier molecular flexibility index (Phi) is 4.58. The van der Waals surface area contributed by atoms with Gasteiger partial charge in [0, 0.05) is 25.6 Å². The van der Waals surface area contributed by atoms with Crippen molar-refractivity contribution in [2.75, 3.05) is 7.05 Å². The van der Waals surface area contributed by atoms with Gasteiger partial charge in [-0.05, 0) is 55.0 Å². The van der Waals surface area contributed by atoms with E-state index in [0.29, 0.717) is 23.6 Å². The normalized spacial score (nSPS) is 12.7. The maximum atomic E-state index is 12.9. The molecular formula is C20H19FN4O2. The summed E-state index contributed by atoms with van der Waals surface area (Å²) in [7, 11) is 1.75. The fraction of sp³-hybridized carbons (Fsp3) is 0.250. The lowest BCUT2D eigenvalue weighted by atomic mass is 10.2. The molecule has 0 bridgehead atoms. The van der Waals surface area contributed by atoms with Crippen LogP contribution in [-0.2, 0) is 19.5 Å². The number of carbonyl (C=O) groups is 1. The number of aryl methyl sites for hydroxylation is 1. The maximum absolute atomic E-state index is 12.9. The number of carbonyl (C=O) groups excluding carboxylic acids is 1. The van der Waals surface area contributed by atoms with Crippen LogP contribution in [-0.4, -0.2) is 32.6 Å². The summed E-state index contributed by atoms with van der Waals surface area (Å²) in [5.74, 6) is 2.51. The van der Waals surface area contributed by atoms with Crippen LogP contribution in [0, 0.1) is 5.82 Å². The molecule has 0 fully saturated rings. The third-order valence-corrected chi connectivity index (χ3v) is 4.56. The highest BCUT2D eigenvalue weighted by Crippen LogP contribution is 2.22. The molecule has 27 heavy (non-hydrogen) atoms. The van der Waals surface area contributed by atoms with Crippen LogP contribution in [0.25, 0.3) is 0 Å². The number of benzene rings is 2. The SMILES string of the molecule is CN(Cc1nnc2n1CCC2)C(=O)c1ccc(Oc2ccc(F)cc2)cc1.